The molecule has 7 heteroatoms. The highest BCUT2D eigenvalue weighted by atomic mass is 16.4. The molecule has 2 saturated heterocycles. The summed E-state index contributed by atoms with van der Waals surface area (Å²) in [6.45, 7) is 8.67. The van der Waals surface area contributed by atoms with Crippen molar-refractivity contribution in [1.29, 1.82) is 5.41 Å². The third-order valence-corrected chi connectivity index (χ3v) is 5.81. The number of piperidine rings is 1. The molecule has 2 aliphatic heterocycles. The summed E-state index contributed by atoms with van der Waals surface area (Å²) in [6.07, 6.45) is 5.14. The Morgan fingerprint density at radius 1 is 1.31 bits per heavy atom. The molecule has 0 saturated carbocycles. The van der Waals surface area contributed by atoms with E-state index in [4.69, 9.17) is 5.41 Å². The summed E-state index contributed by atoms with van der Waals surface area (Å²) in [4.78, 5) is 22.6. The molecule has 2 atom stereocenters. The topological polar surface area (TPSA) is 83.8 Å². The molecule has 2 unspecified atom stereocenters. The van der Waals surface area contributed by atoms with Crippen molar-refractivity contribution in [3.63, 3.8) is 0 Å². The summed E-state index contributed by atoms with van der Waals surface area (Å²) in [5.74, 6) is 0.249. The zero-order valence-electron chi connectivity index (χ0n) is 15.6. The molecule has 0 aliphatic carbocycles. The molecule has 26 heavy (non-hydrogen) atoms. The van der Waals surface area contributed by atoms with Gasteiger partial charge in [-0.1, -0.05) is 0 Å². The number of rotatable bonds is 5. The lowest BCUT2D eigenvalue weighted by Crippen LogP contribution is -2.58. The quantitative estimate of drug-likeness (QED) is 0.776. The van der Waals surface area contributed by atoms with Crippen LogP contribution in [-0.2, 0) is 4.79 Å². The molecule has 0 spiro atoms. The van der Waals surface area contributed by atoms with E-state index in [0.29, 0.717) is 12.1 Å². The van der Waals surface area contributed by atoms with E-state index in [1.807, 2.05) is 12.1 Å². The number of anilines is 1. The number of pyridine rings is 1. The van der Waals surface area contributed by atoms with Gasteiger partial charge in [-0.25, -0.2) is 4.98 Å². The number of likely N-dealkylation sites (tertiary alicyclic amines) is 1. The van der Waals surface area contributed by atoms with Crippen LogP contribution in [0.1, 0.15) is 32.3 Å². The minimum atomic E-state index is -0.730. The van der Waals surface area contributed by atoms with E-state index in [1.54, 1.807) is 13.1 Å². The van der Waals surface area contributed by atoms with Gasteiger partial charge in [0.15, 0.2) is 0 Å². The van der Waals surface area contributed by atoms with Crippen LogP contribution in [0, 0.1) is 5.41 Å². The van der Waals surface area contributed by atoms with Gasteiger partial charge in [-0.3, -0.25) is 14.6 Å². The molecule has 1 aromatic heterocycles. The van der Waals surface area contributed by atoms with Gasteiger partial charge in [0, 0.05) is 62.8 Å². The number of nitrogens with one attached hydrogen (secondary N) is 1. The fourth-order valence-corrected chi connectivity index (χ4v) is 4.15. The van der Waals surface area contributed by atoms with Crippen LogP contribution in [0.3, 0.4) is 0 Å². The summed E-state index contributed by atoms with van der Waals surface area (Å²) < 4.78 is 0. The molecule has 0 aromatic carbocycles. The molecule has 3 heterocycles. The Labute approximate surface area is 155 Å². The maximum absolute atomic E-state index is 11.2. The minimum absolute atomic E-state index is 0.389. The molecule has 142 valence electrons. The van der Waals surface area contributed by atoms with Gasteiger partial charge in [0.05, 0.1) is 0 Å². The lowest BCUT2D eigenvalue weighted by molar-refractivity contribution is -0.143. The molecule has 3 rings (SSSR count). The Balaban J connectivity index is 1.54. The van der Waals surface area contributed by atoms with Crippen LogP contribution < -0.4 is 4.90 Å². The van der Waals surface area contributed by atoms with Gasteiger partial charge in [0.1, 0.15) is 11.9 Å². The molecule has 2 N–H and O–H groups in total. The van der Waals surface area contributed by atoms with Crippen LogP contribution in [0.25, 0.3) is 0 Å². The summed E-state index contributed by atoms with van der Waals surface area (Å²) in [5.41, 5.74) is 0.822. The van der Waals surface area contributed by atoms with Gasteiger partial charge in [0.2, 0.25) is 0 Å². The van der Waals surface area contributed by atoms with E-state index in [1.165, 1.54) is 6.21 Å². The second-order valence-corrected chi connectivity index (χ2v) is 7.41. The molecule has 1 aromatic rings. The number of aromatic nitrogens is 1. The average molecular weight is 359 g/mol. The third kappa shape index (κ3) is 4.04. The molecule has 0 bridgehead atoms. The first-order valence-corrected chi connectivity index (χ1v) is 9.43. The lowest BCUT2D eigenvalue weighted by atomic mass is 9.98. The van der Waals surface area contributed by atoms with Crippen molar-refractivity contribution >= 4 is 18.0 Å². The van der Waals surface area contributed by atoms with Crippen molar-refractivity contribution in [2.45, 2.75) is 44.8 Å². The first kappa shape index (κ1) is 18.8. The van der Waals surface area contributed by atoms with Crippen LogP contribution in [-0.4, -0.2) is 82.9 Å². The Bertz CT molecular complexity index is 627. The van der Waals surface area contributed by atoms with Crippen LogP contribution in [0.15, 0.2) is 18.3 Å². The first-order chi connectivity index (χ1) is 12.5. The molecule has 2 fully saturated rings. The number of carboxylic acid groups (broad SMARTS) is 1. The Morgan fingerprint density at radius 3 is 2.58 bits per heavy atom. The van der Waals surface area contributed by atoms with Gasteiger partial charge in [-0.15, -0.1) is 0 Å². The molecule has 0 radical (unpaired) electrons. The highest BCUT2D eigenvalue weighted by Crippen LogP contribution is 2.24. The van der Waals surface area contributed by atoms with Gasteiger partial charge < -0.3 is 15.4 Å². The number of hydrogen-bond donors (Lipinski definition) is 2. The fourth-order valence-electron chi connectivity index (χ4n) is 4.15. The van der Waals surface area contributed by atoms with Crippen molar-refractivity contribution in [3.8, 4) is 0 Å². The summed E-state index contributed by atoms with van der Waals surface area (Å²) >= 11 is 0. The van der Waals surface area contributed by atoms with E-state index >= 15 is 0 Å². The number of piperazine rings is 1. The maximum Gasteiger partial charge on any atom is 0.320 e. The van der Waals surface area contributed by atoms with Gasteiger partial charge in [0.25, 0.3) is 0 Å². The standard InChI is InChI=1S/C19H29N5O2/c1-14-13-23(18-4-3-16(11-20)12-21-18)9-10-24(14)17-5-7-22(8-6-17)15(2)19(25)26/h3-4,11-12,14-15,17,20H,5-10,13H2,1-2H3,(H,25,26). The SMILES string of the molecule is CC(C(=O)O)N1CCC(N2CCN(c3ccc(C=N)cn3)CC2C)CC1. The van der Waals surface area contributed by atoms with Crippen LogP contribution in [0.4, 0.5) is 5.82 Å². The highest BCUT2D eigenvalue weighted by Gasteiger charge is 2.33. The predicted molar refractivity (Wildman–Crippen MR) is 102 cm³/mol. The highest BCUT2D eigenvalue weighted by molar-refractivity contribution is 5.76. The van der Waals surface area contributed by atoms with E-state index in [9.17, 15) is 9.90 Å². The number of hydrogen-bond acceptors (Lipinski definition) is 6. The lowest BCUT2D eigenvalue weighted by Gasteiger charge is -2.47. The average Bonchev–Trinajstić information content (AvgIpc) is 2.67. The zero-order valence-corrected chi connectivity index (χ0v) is 15.6. The smallest absolute Gasteiger partial charge is 0.320 e. The second kappa shape index (κ2) is 8.14. The van der Waals surface area contributed by atoms with Crippen LogP contribution in [0.5, 0.6) is 0 Å². The molecule has 2 aliphatic rings. The molecular formula is C19H29N5O2. The maximum atomic E-state index is 11.2. The number of carbonyl (C=O) groups is 1. The zero-order chi connectivity index (χ0) is 18.7. The summed E-state index contributed by atoms with van der Waals surface area (Å²) in [7, 11) is 0. The van der Waals surface area contributed by atoms with Crippen molar-refractivity contribution in [2.24, 2.45) is 0 Å². The van der Waals surface area contributed by atoms with Crippen molar-refractivity contribution in [1.82, 2.24) is 14.8 Å². The Hall–Kier alpha value is -1.99. The van der Waals surface area contributed by atoms with E-state index in [0.717, 1.165) is 56.9 Å². The molecular weight excluding hydrogens is 330 g/mol. The van der Waals surface area contributed by atoms with Crippen LogP contribution in [0.2, 0.25) is 0 Å². The molecule has 0 amide bonds. The van der Waals surface area contributed by atoms with Crippen molar-refractivity contribution in [2.75, 3.05) is 37.6 Å². The fraction of sp³-hybridized carbons (Fsp3) is 0.632. The van der Waals surface area contributed by atoms with Crippen molar-refractivity contribution in [3.05, 3.63) is 23.9 Å². The molecule has 7 nitrogen and oxygen atoms in total. The number of carboxylic acids is 1. The Kier molecular flexibility index (Phi) is 5.88. The second-order valence-electron chi connectivity index (χ2n) is 7.41. The monoisotopic (exact) mass is 359 g/mol. The normalized spacial score (nSPS) is 24.4. The van der Waals surface area contributed by atoms with E-state index in [2.05, 4.69) is 26.6 Å². The largest absolute Gasteiger partial charge is 0.480 e. The van der Waals surface area contributed by atoms with Crippen molar-refractivity contribution < 1.29 is 9.90 Å². The summed E-state index contributed by atoms with van der Waals surface area (Å²) in [6, 6.07) is 4.53. The van der Waals surface area contributed by atoms with Gasteiger partial charge in [-0.2, -0.15) is 0 Å². The predicted octanol–water partition coefficient (Wildman–Crippen LogP) is 1.53. The third-order valence-electron chi connectivity index (χ3n) is 5.81. The minimum Gasteiger partial charge on any atom is -0.480 e. The van der Waals surface area contributed by atoms with E-state index in [-0.39, 0.29) is 6.04 Å². The Morgan fingerprint density at radius 2 is 2.04 bits per heavy atom. The van der Waals surface area contributed by atoms with E-state index < -0.39 is 5.97 Å². The van der Waals surface area contributed by atoms with Crippen LogP contribution >= 0.6 is 0 Å². The van der Waals surface area contributed by atoms with Gasteiger partial charge in [-0.05, 0) is 38.8 Å². The first-order valence-electron chi connectivity index (χ1n) is 9.43. The number of aliphatic carboxylic acids is 1. The summed E-state index contributed by atoms with van der Waals surface area (Å²) in [5, 5.41) is 16.5. The number of nitrogens with zero attached hydrogens (tertiary/aromatic N) is 4. The van der Waals surface area contributed by atoms with Gasteiger partial charge >= 0.3 is 5.97 Å².